The Morgan fingerprint density at radius 3 is 2.18 bits per heavy atom. The van der Waals surface area contributed by atoms with Crippen molar-refractivity contribution in [3.8, 4) is 18.2 Å². The van der Waals surface area contributed by atoms with Gasteiger partial charge in [-0.15, -0.1) is 0 Å². The van der Waals surface area contributed by atoms with E-state index in [1.54, 1.807) is 42.5 Å². The maximum atomic E-state index is 11.7. The number of nitriles is 3. The molecule has 0 atom stereocenters. The first-order valence-corrected chi connectivity index (χ1v) is 6.50. The molecule has 1 aromatic carbocycles. The Balaban J connectivity index is 2.85. The quantitative estimate of drug-likeness (QED) is 0.660. The fourth-order valence-electron chi connectivity index (χ4n) is 1.44. The van der Waals surface area contributed by atoms with E-state index in [0.29, 0.717) is 17.9 Å². The lowest BCUT2D eigenvalue weighted by atomic mass is 10.2. The summed E-state index contributed by atoms with van der Waals surface area (Å²) in [5.74, 6) is -0.172. The zero-order chi connectivity index (χ0) is 16.5. The molecule has 0 radical (unpaired) electrons. The molecular formula is C16H14N4O2. The van der Waals surface area contributed by atoms with Crippen molar-refractivity contribution in [3.05, 3.63) is 41.1 Å². The van der Waals surface area contributed by atoms with E-state index >= 15 is 0 Å². The number of carbonyl (C=O) groups is 1. The Morgan fingerprint density at radius 1 is 1.14 bits per heavy atom. The van der Waals surface area contributed by atoms with Crippen LogP contribution >= 0.6 is 0 Å². The highest BCUT2D eigenvalue weighted by Crippen LogP contribution is 2.14. The highest BCUT2D eigenvalue weighted by atomic mass is 16.5. The summed E-state index contributed by atoms with van der Waals surface area (Å²) >= 11 is 0. The minimum atomic E-state index is -0.425. The lowest BCUT2D eigenvalue weighted by Gasteiger charge is -2.08. The molecule has 0 amide bonds. The number of allylic oxidation sites excluding steroid dienone is 2. The van der Waals surface area contributed by atoms with Gasteiger partial charge < -0.3 is 10.1 Å². The first-order chi connectivity index (χ1) is 10.5. The fourth-order valence-corrected chi connectivity index (χ4v) is 1.44. The number of benzene rings is 1. The normalized spacial score (nSPS) is 9.09. The molecule has 0 saturated carbocycles. The highest BCUT2D eigenvalue weighted by Gasteiger charge is 2.09. The second-order valence-electron chi connectivity index (χ2n) is 4.78. The molecule has 6 nitrogen and oxygen atoms in total. The van der Waals surface area contributed by atoms with Crippen LogP contribution in [-0.2, 0) is 4.74 Å². The van der Waals surface area contributed by atoms with Gasteiger partial charge in [-0.05, 0) is 30.2 Å². The summed E-state index contributed by atoms with van der Waals surface area (Å²) in [6.45, 7) is 4.23. The Morgan fingerprint density at radius 2 is 1.73 bits per heavy atom. The molecule has 1 N–H and O–H groups in total. The average molecular weight is 294 g/mol. The van der Waals surface area contributed by atoms with E-state index in [0.717, 1.165) is 0 Å². The van der Waals surface area contributed by atoms with Gasteiger partial charge in [-0.25, -0.2) is 4.79 Å². The van der Waals surface area contributed by atoms with Crippen molar-refractivity contribution >= 4 is 11.7 Å². The maximum absolute atomic E-state index is 11.7. The topological polar surface area (TPSA) is 110 Å². The smallest absolute Gasteiger partial charge is 0.338 e. The number of carbonyl (C=O) groups excluding carboxylic acids is 1. The molecule has 0 unspecified atom stereocenters. The third kappa shape index (κ3) is 4.67. The van der Waals surface area contributed by atoms with Crippen molar-refractivity contribution in [3.63, 3.8) is 0 Å². The molecule has 1 aromatic rings. The molecule has 110 valence electrons. The third-order valence-electron chi connectivity index (χ3n) is 2.52. The Kier molecular flexibility index (Phi) is 6.16. The number of hydrogen-bond donors (Lipinski definition) is 1. The van der Waals surface area contributed by atoms with E-state index in [-0.39, 0.29) is 17.2 Å². The van der Waals surface area contributed by atoms with Crippen LogP contribution in [0.1, 0.15) is 24.2 Å². The first-order valence-electron chi connectivity index (χ1n) is 6.50. The summed E-state index contributed by atoms with van der Waals surface area (Å²) in [6, 6.07) is 11.2. The number of nitrogens with zero attached hydrogens (tertiary/aromatic N) is 3. The van der Waals surface area contributed by atoms with Crippen LogP contribution in [0, 0.1) is 39.9 Å². The van der Waals surface area contributed by atoms with Crippen LogP contribution in [0.3, 0.4) is 0 Å². The van der Waals surface area contributed by atoms with E-state index in [9.17, 15) is 4.79 Å². The van der Waals surface area contributed by atoms with Crippen molar-refractivity contribution in [2.24, 2.45) is 5.92 Å². The predicted molar refractivity (Wildman–Crippen MR) is 79.1 cm³/mol. The van der Waals surface area contributed by atoms with Gasteiger partial charge in [0.05, 0.1) is 12.2 Å². The van der Waals surface area contributed by atoms with E-state index < -0.39 is 5.97 Å². The van der Waals surface area contributed by atoms with Crippen LogP contribution < -0.4 is 5.32 Å². The van der Waals surface area contributed by atoms with E-state index in [1.807, 2.05) is 13.8 Å². The third-order valence-corrected chi connectivity index (χ3v) is 2.52. The molecule has 0 heterocycles. The Bertz CT molecular complexity index is 682. The van der Waals surface area contributed by atoms with Gasteiger partial charge in [0, 0.05) is 5.69 Å². The van der Waals surface area contributed by atoms with Crippen LogP contribution in [0.4, 0.5) is 5.69 Å². The number of rotatable bonds is 5. The summed E-state index contributed by atoms with van der Waals surface area (Å²) in [5, 5.41) is 29.1. The minimum absolute atomic E-state index is 0.139. The second kappa shape index (κ2) is 8.09. The van der Waals surface area contributed by atoms with Gasteiger partial charge in [-0.2, -0.15) is 15.8 Å². The zero-order valence-corrected chi connectivity index (χ0v) is 12.3. The molecule has 0 fully saturated rings. The molecule has 0 aliphatic heterocycles. The van der Waals surface area contributed by atoms with Crippen molar-refractivity contribution in [1.82, 2.24) is 0 Å². The monoisotopic (exact) mass is 294 g/mol. The molecule has 22 heavy (non-hydrogen) atoms. The van der Waals surface area contributed by atoms with Crippen LogP contribution in [0.5, 0.6) is 0 Å². The van der Waals surface area contributed by atoms with Gasteiger partial charge in [0.15, 0.2) is 5.57 Å². The lowest BCUT2D eigenvalue weighted by Crippen LogP contribution is -2.10. The van der Waals surface area contributed by atoms with Crippen LogP contribution in [0.15, 0.2) is 35.5 Å². The Hall–Kier alpha value is -3.30. The standard InChI is InChI=1S/C16H14N4O2/c1-11(2)10-22-16(21)12-3-5-14(6-4-12)20-15(9-19)13(7-17)8-18/h3-6,11,20H,10H2,1-2H3. The minimum Gasteiger partial charge on any atom is -0.462 e. The summed E-state index contributed by atoms with van der Waals surface area (Å²) in [7, 11) is 0. The number of anilines is 1. The largest absolute Gasteiger partial charge is 0.462 e. The van der Waals surface area contributed by atoms with Crippen LogP contribution in [0.2, 0.25) is 0 Å². The second-order valence-corrected chi connectivity index (χ2v) is 4.78. The molecule has 0 bridgehead atoms. The van der Waals surface area contributed by atoms with Crippen LogP contribution in [0.25, 0.3) is 0 Å². The highest BCUT2D eigenvalue weighted by molar-refractivity contribution is 5.89. The van der Waals surface area contributed by atoms with Crippen LogP contribution in [-0.4, -0.2) is 12.6 Å². The zero-order valence-electron chi connectivity index (χ0n) is 12.3. The predicted octanol–water partition coefficient (Wildman–Crippen LogP) is 2.74. The number of esters is 1. The summed E-state index contributed by atoms with van der Waals surface area (Å²) in [4.78, 5) is 11.7. The fraction of sp³-hybridized carbons (Fsp3) is 0.250. The molecule has 0 aromatic heterocycles. The number of hydrogen-bond acceptors (Lipinski definition) is 6. The number of ether oxygens (including phenoxy) is 1. The van der Waals surface area contributed by atoms with Gasteiger partial charge in [-0.3, -0.25) is 0 Å². The molecule has 0 spiro atoms. The van der Waals surface area contributed by atoms with E-state index in [1.165, 1.54) is 0 Å². The lowest BCUT2D eigenvalue weighted by molar-refractivity contribution is 0.0459. The molecule has 1 rings (SSSR count). The van der Waals surface area contributed by atoms with Gasteiger partial charge in [0.1, 0.15) is 23.9 Å². The maximum Gasteiger partial charge on any atom is 0.338 e. The molecule has 0 aliphatic rings. The van der Waals surface area contributed by atoms with Gasteiger partial charge in [0.2, 0.25) is 0 Å². The van der Waals surface area contributed by atoms with Gasteiger partial charge in [0.25, 0.3) is 0 Å². The van der Waals surface area contributed by atoms with Gasteiger partial charge >= 0.3 is 5.97 Å². The SMILES string of the molecule is CC(C)COC(=O)c1ccc(NC(C#N)=C(C#N)C#N)cc1. The molecule has 0 aliphatic carbocycles. The summed E-state index contributed by atoms with van der Waals surface area (Å²) in [5.41, 5.74) is 0.428. The van der Waals surface area contributed by atoms with Crippen molar-refractivity contribution < 1.29 is 9.53 Å². The molecule has 6 heteroatoms. The Labute approximate surface area is 128 Å². The molecule has 0 saturated heterocycles. The van der Waals surface area contributed by atoms with Crippen molar-refractivity contribution in [2.75, 3.05) is 11.9 Å². The van der Waals surface area contributed by atoms with Gasteiger partial charge in [-0.1, -0.05) is 13.8 Å². The first kappa shape index (κ1) is 16.8. The summed E-state index contributed by atoms with van der Waals surface area (Å²) < 4.78 is 5.10. The van der Waals surface area contributed by atoms with E-state index in [2.05, 4.69) is 5.32 Å². The average Bonchev–Trinajstić information content (AvgIpc) is 2.53. The van der Waals surface area contributed by atoms with Crippen molar-refractivity contribution in [1.29, 1.82) is 15.8 Å². The van der Waals surface area contributed by atoms with E-state index in [4.69, 9.17) is 20.5 Å². The number of nitrogens with one attached hydrogen (secondary N) is 1. The molecular weight excluding hydrogens is 280 g/mol. The van der Waals surface area contributed by atoms with Crippen molar-refractivity contribution in [2.45, 2.75) is 13.8 Å². The summed E-state index contributed by atoms with van der Waals surface area (Å²) in [6.07, 6.45) is 0.